The van der Waals surface area contributed by atoms with E-state index in [2.05, 4.69) is 15.9 Å². The number of hydrogen-bond acceptors (Lipinski definition) is 5. The molecule has 6 nitrogen and oxygen atoms in total. The highest BCUT2D eigenvalue weighted by molar-refractivity contribution is 9.10. The molecule has 1 aromatic rings. The van der Waals surface area contributed by atoms with Gasteiger partial charge in [0.1, 0.15) is 0 Å². The van der Waals surface area contributed by atoms with Crippen molar-refractivity contribution in [2.24, 2.45) is 0 Å². The van der Waals surface area contributed by atoms with Crippen molar-refractivity contribution in [2.45, 2.75) is 17.4 Å². The third-order valence-electron chi connectivity index (χ3n) is 2.87. The SMILES string of the molecule is CS(=O)(=O)O[C@@H]1CCN(S(=O)(=O)c2ccc(Br)cc2)C1. The summed E-state index contributed by atoms with van der Waals surface area (Å²) in [6.07, 6.45) is 0.706. The van der Waals surface area contributed by atoms with Crippen LogP contribution in [0.1, 0.15) is 6.42 Å². The maximum atomic E-state index is 12.4. The maximum absolute atomic E-state index is 12.4. The monoisotopic (exact) mass is 383 g/mol. The first-order valence-corrected chi connectivity index (χ1v) is 9.87. The van der Waals surface area contributed by atoms with E-state index in [0.29, 0.717) is 6.42 Å². The zero-order valence-electron chi connectivity index (χ0n) is 10.7. The van der Waals surface area contributed by atoms with E-state index in [1.165, 1.54) is 16.4 Å². The summed E-state index contributed by atoms with van der Waals surface area (Å²) < 4.78 is 53.7. The quantitative estimate of drug-likeness (QED) is 0.729. The zero-order valence-corrected chi connectivity index (χ0v) is 13.9. The molecule has 1 heterocycles. The van der Waals surface area contributed by atoms with Crippen molar-refractivity contribution in [3.05, 3.63) is 28.7 Å². The van der Waals surface area contributed by atoms with Gasteiger partial charge in [0.05, 0.1) is 17.3 Å². The standard InChI is InChI=1S/C11H14BrNO5S2/c1-19(14,15)18-10-6-7-13(8-10)20(16,17)11-4-2-9(12)3-5-11/h2-5,10H,6-8H2,1H3/t10-/m1/s1. The highest BCUT2D eigenvalue weighted by atomic mass is 79.9. The van der Waals surface area contributed by atoms with Crippen LogP contribution >= 0.6 is 15.9 Å². The summed E-state index contributed by atoms with van der Waals surface area (Å²) in [5.41, 5.74) is 0. The van der Waals surface area contributed by atoms with Gasteiger partial charge in [-0.2, -0.15) is 12.7 Å². The van der Waals surface area contributed by atoms with E-state index in [9.17, 15) is 16.8 Å². The second-order valence-electron chi connectivity index (χ2n) is 4.53. The smallest absolute Gasteiger partial charge is 0.264 e. The fraction of sp³-hybridized carbons (Fsp3) is 0.455. The van der Waals surface area contributed by atoms with Gasteiger partial charge in [-0.1, -0.05) is 15.9 Å². The Morgan fingerprint density at radius 3 is 2.35 bits per heavy atom. The Kier molecular flexibility index (Phi) is 4.55. The molecule has 0 aromatic heterocycles. The highest BCUT2D eigenvalue weighted by Gasteiger charge is 2.34. The van der Waals surface area contributed by atoms with Crippen LogP contribution in [-0.4, -0.2) is 46.6 Å². The average molecular weight is 384 g/mol. The molecule has 112 valence electrons. The van der Waals surface area contributed by atoms with Gasteiger partial charge in [0.15, 0.2) is 0 Å². The molecule has 0 saturated carbocycles. The number of sulfonamides is 1. The van der Waals surface area contributed by atoms with Gasteiger partial charge in [0, 0.05) is 17.6 Å². The predicted octanol–water partition coefficient (Wildman–Crippen LogP) is 1.19. The lowest BCUT2D eigenvalue weighted by Crippen LogP contribution is -2.30. The Labute approximate surface area is 127 Å². The third-order valence-corrected chi connectivity index (χ3v) is 5.90. The van der Waals surface area contributed by atoms with E-state index in [4.69, 9.17) is 4.18 Å². The van der Waals surface area contributed by atoms with Crippen LogP contribution in [0.15, 0.2) is 33.6 Å². The number of rotatable bonds is 4. The molecule has 1 aliphatic rings. The van der Waals surface area contributed by atoms with Gasteiger partial charge < -0.3 is 0 Å². The van der Waals surface area contributed by atoms with Crippen molar-refractivity contribution < 1.29 is 21.0 Å². The summed E-state index contributed by atoms with van der Waals surface area (Å²) in [4.78, 5) is 0.181. The van der Waals surface area contributed by atoms with E-state index >= 15 is 0 Å². The molecule has 0 bridgehead atoms. The zero-order chi connectivity index (χ0) is 15.0. The molecule has 1 aliphatic heterocycles. The summed E-state index contributed by atoms with van der Waals surface area (Å²) >= 11 is 3.24. The summed E-state index contributed by atoms with van der Waals surface area (Å²) in [6.45, 7) is 0.296. The number of nitrogens with zero attached hydrogens (tertiary/aromatic N) is 1. The second kappa shape index (κ2) is 5.72. The van der Waals surface area contributed by atoms with Crippen LogP contribution in [0.5, 0.6) is 0 Å². The van der Waals surface area contributed by atoms with Crippen molar-refractivity contribution in [1.82, 2.24) is 4.31 Å². The number of benzene rings is 1. The Hall–Kier alpha value is -0.480. The molecule has 1 atom stereocenters. The molecular weight excluding hydrogens is 370 g/mol. The molecule has 9 heteroatoms. The first-order valence-electron chi connectivity index (χ1n) is 5.82. The minimum Gasteiger partial charge on any atom is -0.266 e. The molecule has 0 spiro atoms. The van der Waals surface area contributed by atoms with Crippen LogP contribution in [0.2, 0.25) is 0 Å². The van der Waals surface area contributed by atoms with E-state index in [1.807, 2.05) is 0 Å². The maximum Gasteiger partial charge on any atom is 0.264 e. The van der Waals surface area contributed by atoms with Gasteiger partial charge >= 0.3 is 0 Å². The van der Waals surface area contributed by atoms with Gasteiger partial charge in [0.25, 0.3) is 10.1 Å². The third kappa shape index (κ3) is 3.79. The molecule has 1 saturated heterocycles. The molecule has 1 fully saturated rings. The van der Waals surface area contributed by atoms with Gasteiger partial charge in [0.2, 0.25) is 10.0 Å². The second-order valence-corrected chi connectivity index (χ2v) is 8.98. The van der Waals surface area contributed by atoms with Crippen LogP contribution in [0.3, 0.4) is 0 Å². The van der Waals surface area contributed by atoms with Crippen molar-refractivity contribution in [3.8, 4) is 0 Å². The summed E-state index contributed by atoms with van der Waals surface area (Å²) in [7, 11) is -7.18. The molecule has 0 amide bonds. The van der Waals surface area contributed by atoms with E-state index in [1.54, 1.807) is 12.1 Å². The lowest BCUT2D eigenvalue weighted by atomic mass is 10.3. The van der Waals surface area contributed by atoms with Gasteiger partial charge in [-0.3, -0.25) is 4.18 Å². The molecule has 20 heavy (non-hydrogen) atoms. The van der Waals surface area contributed by atoms with E-state index in [-0.39, 0.29) is 18.0 Å². The van der Waals surface area contributed by atoms with Crippen molar-refractivity contribution in [1.29, 1.82) is 0 Å². The van der Waals surface area contributed by atoms with Gasteiger partial charge in [-0.15, -0.1) is 0 Å². The number of halogens is 1. The Bertz CT molecular complexity index is 684. The minimum atomic E-state index is -3.61. The lowest BCUT2D eigenvalue weighted by molar-refractivity contribution is 0.225. The first-order chi connectivity index (χ1) is 9.18. The van der Waals surface area contributed by atoms with Crippen LogP contribution in [-0.2, 0) is 24.3 Å². The fourth-order valence-corrected chi connectivity index (χ4v) is 4.40. The minimum absolute atomic E-state index is 0.0471. The Morgan fingerprint density at radius 2 is 1.80 bits per heavy atom. The topological polar surface area (TPSA) is 80.8 Å². The highest BCUT2D eigenvalue weighted by Crippen LogP contribution is 2.24. The molecule has 1 aromatic carbocycles. The van der Waals surface area contributed by atoms with Crippen LogP contribution in [0.25, 0.3) is 0 Å². The van der Waals surface area contributed by atoms with Crippen LogP contribution < -0.4 is 0 Å². The van der Waals surface area contributed by atoms with Crippen LogP contribution in [0, 0.1) is 0 Å². The van der Waals surface area contributed by atoms with Gasteiger partial charge in [-0.25, -0.2) is 8.42 Å². The average Bonchev–Trinajstić information content (AvgIpc) is 2.76. The van der Waals surface area contributed by atoms with Crippen LogP contribution in [0.4, 0.5) is 0 Å². The summed E-state index contributed by atoms with van der Waals surface area (Å²) in [5.74, 6) is 0. The van der Waals surface area contributed by atoms with Crippen molar-refractivity contribution in [3.63, 3.8) is 0 Å². The normalized spacial score (nSPS) is 21.2. The largest absolute Gasteiger partial charge is 0.266 e. The van der Waals surface area contributed by atoms with Crippen molar-refractivity contribution >= 4 is 36.1 Å². The first kappa shape index (κ1) is 15.9. The van der Waals surface area contributed by atoms with Crippen molar-refractivity contribution in [2.75, 3.05) is 19.3 Å². The van der Waals surface area contributed by atoms with Gasteiger partial charge in [-0.05, 0) is 30.7 Å². The fourth-order valence-electron chi connectivity index (χ4n) is 2.00. The summed E-state index contributed by atoms with van der Waals surface area (Å²) in [6, 6.07) is 6.30. The van der Waals surface area contributed by atoms with E-state index in [0.717, 1.165) is 10.7 Å². The summed E-state index contributed by atoms with van der Waals surface area (Å²) in [5, 5.41) is 0. The molecular formula is C11H14BrNO5S2. The lowest BCUT2D eigenvalue weighted by Gasteiger charge is -2.16. The number of hydrogen-bond donors (Lipinski definition) is 0. The molecule has 0 unspecified atom stereocenters. The van der Waals surface area contributed by atoms with E-state index < -0.39 is 26.2 Å². The molecule has 0 aliphatic carbocycles. The molecule has 2 rings (SSSR count). The Balaban J connectivity index is 2.14. The predicted molar refractivity (Wildman–Crippen MR) is 77.2 cm³/mol. The Morgan fingerprint density at radius 1 is 1.20 bits per heavy atom. The molecule has 0 radical (unpaired) electrons. The molecule has 0 N–H and O–H groups in total.